The Bertz CT molecular complexity index is 1000. The van der Waals surface area contributed by atoms with Gasteiger partial charge >= 0.3 is 0 Å². The van der Waals surface area contributed by atoms with Crippen LogP contribution in [0.4, 0.5) is 4.39 Å². The van der Waals surface area contributed by atoms with E-state index in [1.165, 1.54) is 31.2 Å². The van der Waals surface area contributed by atoms with Crippen molar-refractivity contribution in [1.82, 2.24) is 20.2 Å². The first-order valence-corrected chi connectivity index (χ1v) is 9.20. The first kappa shape index (κ1) is 20.7. The Balaban J connectivity index is 1.87. The summed E-state index contributed by atoms with van der Waals surface area (Å²) in [5.41, 5.74) is -1.35. The van der Waals surface area contributed by atoms with Crippen LogP contribution in [-0.4, -0.2) is 45.3 Å². The number of carbonyl (C=O) groups is 2. The number of likely N-dealkylation sites (tertiary alicyclic amines) is 1. The van der Waals surface area contributed by atoms with Gasteiger partial charge in [0.15, 0.2) is 5.69 Å². The average Bonchev–Trinajstić information content (AvgIpc) is 2.99. The summed E-state index contributed by atoms with van der Waals surface area (Å²) in [4.78, 5) is 45.3. The summed E-state index contributed by atoms with van der Waals surface area (Å²) in [5, 5.41) is 12.6. The predicted octanol–water partition coefficient (Wildman–Crippen LogP) is 1.30. The van der Waals surface area contributed by atoms with Gasteiger partial charge in [-0.1, -0.05) is 12.1 Å². The predicted molar refractivity (Wildman–Crippen MR) is 103 cm³/mol. The number of hydrogen-bond donors (Lipinski definition) is 3. The molecule has 0 spiro atoms. The lowest BCUT2D eigenvalue weighted by atomic mass is 9.91. The quantitative estimate of drug-likeness (QED) is 0.694. The molecular formula is C20H23FN4O4. The van der Waals surface area contributed by atoms with Crippen molar-refractivity contribution < 1.29 is 19.1 Å². The topological polar surface area (TPSA) is 115 Å². The molecule has 1 fully saturated rings. The fourth-order valence-electron chi connectivity index (χ4n) is 3.53. The number of carbonyl (C=O) groups excluding carboxylic acids is 2. The van der Waals surface area contributed by atoms with Gasteiger partial charge in [0, 0.05) is 19.0 Å². The van der Waals surface area contributed by atoms with Gasteiger partial charge in [0.2, 0.25) is 5.75 Å². The van der Waals surface area contributed by atoms with Gasteiger partial charge in [-0.15, -0.1) is 0 Å². The molecule has 2 aromatic rings. The van der Waals surface area contributed by atoms with Crippen molar-refractivity contribution >= 4 is 11.7 Å². The van der Waals surface area contributed by atoms with E-state index in [0.717, 1.165) is 0 Å². The maximum Gasteiger partial charge on any atom is 0.293 e. The Hall–Kier alpha value is -3.07. The van der Waals surface area contributed by atoms with E-state index < -0.39 is 34.3 Å². The van der Waals surface area contributed by atoms with Gasteiger partial charge in [0.1, 0.15) is 17.4 Å². The van der Waals surface area contributed by atoms with Crippen LogP contribution >= 0.6 is 0 Å². The second-order valence-electron chi connectivity index (χ2n) is 7.59. The molecule has 1 aromatic carbocycles. The minimum Gasteiger partial charge on any atom is -0.501 e. The summed E-state index contributed by atoms with van der Waals surface area (Å²) in [6, 6.07) is 5.57. The highest BCUT2D eigenvalue weighted by molar-refractivity contribution is 5.94. The third kappa shape index (κ3) is 4.04. The van der Waals surface area contributed by atoms with E-state index in [-0.39, 0.29) is 24.1 Å². The van der Waals surface area contributed by atoms with Gasteiger partial charge in [0.25, 0.3) is 11.5 Å². The summed E-state index contributed by atoms with van der Waals surface area (Å²) < 4.78 is 13.0. The third-order valence-electron chi connectivity index (χ3n) is 5.54. The van der Waals surface area contributed by atoms with Crippen molar-refractivity contribution in [3.05, 3.63) is 57.5 Å². The van der Waals surface area contributed by atoms with E-state index in [9.17, 15) is 23.9 Å². The number of halogens is 1. The van der Waals surface area contributed by atoms with Gasteiger partial charge in [0.05, 0.1) is 5.54 Å². The van der Waals surface area contributed by atoms with E-state index in [1.807, 2.05) is 18.9 Å². The number of rotatable bonds is 5. The largest absolute Gasteiger partial charge is 0.501 e. The molecular weight excluding hydrogens is 379 g/mol. The third-order valence-corrected chi connectivity index (χ3v) is 5.54. The van der Waals surface area contributed by atoms with Crippen LogP contribution < -0.4 is 10.9 Å². The lowest BCUT2D eigenvalue weighted by Crippen LogP contribution is -2.39. The molecule has 9 heteroatoms. The molecule has 1 aromatic heterocycles. The van der Waals surface area contributed by atoms with Crippen LogP contribution in [0.3, 0.4) is 0 Å². The molecule has 2 atom stereocenters. The van der Waals surface area contributed by atoms with E-state index in [4.69, 9.17) is 0 Å². The summed E-state index contributed by atoms with van der Waals surface area (Å²) in [6.45, 7) is 3.92. The molecule has 2 unspecified atom stereocenters. The van der Waals surface area contributed by atoms with Crippen LogP contribution in [0.15, 0.2) is 29.1 Å². The molecule has 8 nitrogen and oxygen atoms in total. The number of aromatic nitrogens is 2. The molecule has 1 amide bonds. The zero-order chi connectivity index (χ0) is 21.3. The highest BCUT2D eigenvalue weighted by atomic mass is 19.1. The second-order valence-corrected chi connectivity index (χ2v) is 7.59. The van der Waals surface area contributed by atoms with Gasteiger partial charge in [-0.2, -0.15) is 0 Å². The number of H-pyrrole nitrogens is 1. The van der Waals surface area contributed by atoms with Gasteiger partial charge in [-0.25, -0.2) is 9.37 Å². The number of benzene rings is 1. The minimum absolute atomic E-state index is 0.0407. The zero-order valence-electron chi connectivity index (χ0n) is 16.5. The summed E-state index contributed by atoms with van der Waals surface area (Å²) in [6.07, 6.45) is 0.434. The SMILES string of the molecule is CC(=O)C1CN(C)C(C)(c2nc(C(=O)NCc3ccc(F)cc3)c(O)c(=O)[nH]2)C1. The molecule has 0 bridgehead atoms. The van der Waals surface area contributed by atoms with Crippen LogP contribution in [0.2, 0.25) is 0 Å². The van der Waals surface area contributed by atoms with Crippen molar-refractivity contribution in [3.63, 3.8) is 0 Å². The Morgan fingerprint density at radius 3 is 2.62 bits per heavy atom. The van der Waals surface area contributed by atoms with Crippen molar-refractivity contribution in [3.8, 4) is 5.75 Å². The average molecular weight is 402 g/mol. The molecule has 1 aliphatic rings. The number of aromatic hydroxyl groups is 1. The lowest BCUT2D eigenvalue weighted by molar-refractivity contribution is -0.120. The monoisotopic (exact) mass is 402 g/mol. The second kappa shape index (κ2) is 7.75. The number of Topliss-reactive ketones (excluding diaryl/α,β-unsaturated/α-hetero) is 1. The molecule has 3 N–H and O–H groups in total. The molecule has 1 saturated heterocycles. The van der Waals surface area contributed by atoms with Crippen LogP contribution in [0.25, 0.3) is 0 Å². The van der Waals surface area contributed by atoms with Crippen molar-refractivity contribution in [2.45, 2.75) is 32.4 Å². The first-order valence-electron chi connectivity index (χ1n) is 9.20. The van der Waals surface area contributed by atoms with Crippen LogP contribution in [0, 0.1) is 11.7 Å². The van der Waals surface area contributed by atoms with Gasteiger partial charge in [-0.3, -0.25) is 19.3 Å². The highest BCUT2D eigenvalue weighted by Gasteiger charge is 2.45. The molecule has 0 aliphatic carbocycles. The summed E-state index contributed by atoms with van der Waals surface area (Å²) >= 11 is 0. The van der Waals surface area contributed by atoms with Crippen molar-refractivity contribution in [2.24, 2.45) is 5.92 Å². The minimum atomic E-state index is -0.831. The summed E-state index contributed by atoms with van der Waals surface area (Å²) in [5.74, 6) is -1.86. The lowest BCUT2D eigenvalue weighted by Gasteiger charge is -2.31. The van der Waals surface area contributed by atoms with Gasteiger partial charge in [-0.05, 0) is 45.0 Å². The van der Waals surface area contributed by atoms with E-state index in [1.54, 1.807) is 0 Å². The molecule has 3 rings (SSSR count). The van der Waals surface area contributed by atoms with E-state index in [0.29, 0.717) is 18.5 Å². The number of hydrogen-bond acceptors (Lipinski definition) is 6. The number of ketones is 1. The molecule has 154 valence electrons. The van der Waals surface area contributed by atoms with Crippen LogP contribution in [0.1, 0.15) is 42.1 Å². The number of amides is 1. The fourth-order valence-corrected chi connectivity index (χ4v) is 3.53. The Kier molecular flexibility index (Phi) is 5.52. The first-order chi connectivity index (χ1) is 13.6. The van der Waals surface area contributed by atoms with E-state index >= 15 is 0 Å². The smallest absolute Gasteiger partial charge is 0.293 e. The molecule has 1 aliphatic heterocycles. The standard InChI is InChI=1S/C20H23FN4O4/c1-11(26)13-8-20(2,25(3)10-13)19-23-15(16(27)18(29)24-19)17(28)22-9-12-4-6-14(21)7-5-12/h4-7,13,27H,8-10H2,1-3H3,(H,22,28)(H,23,24,29). The Morgan fingerprint density at radius 2 is 2.03 bits per heavy atom. The molecule has 0 saturated carbocycles. The fraction of sp³-hybridized carbons (Fsp3) is 0.400. The number of nitrogens with one attached hydrogen (secondary N) is 2. The number of nitrogens with zero attached hydrogens (tertiary/aromatic N) is 2. The molecule has 29 heavy (non-hydrogen) atoms. The molecule has 2 heterocycles. The maximum absolute atomic E-state index is 13.0. The molecule has 0 radical (unpaired) electrons. The van der Waals surface area contributed by atoms with Crippen LogP contribution in [0.5, 0.6) is 5.75 Å². The normalized spacial score (nSPS) is 21.9. The van der Waals surface area contributed by atoms with Crippen molar-refractivity contribution in [2.75, 3.05) is 13.6 Å². The summed E-state index contributed by atoms with van der Waals surface area (Å²) in [7, 11) is 1.81. The van der Waals surface area contributed by atoms with E-state index in [2.05, 4.69) is 15.3 Å². The van der Waals surface area contributed by atoms with Gasteiger partial charge < -0.3 is 15.4 Å². The highest BCUT2D eigenvalue weighted by Crippen LogP contribution is 2.38. The van der Waals surface area contributed by atoms with Crippen molar-refractivity contribution in [1.29, 1.82) is 0 Å². The maximum atomic E-state index is 13.0. The number of aromatic amines is 1. The zero-order valence-corrected chi connectivity index (χ0v) is 16.5. The van der Waals surface area contributed by atoms with Crippen LogP contribution in [-0.2, 0) is 16.9 Å². The Morgan fingerprint density at radius 1 is 1.38 bits per heavy atom. The Labute approximate surface area is 166 Å².